The highest BCUT2D eigenvalue weighted by molar-refractivity contribution is 7.98. The van der Waals surface area contributed by atoms with Crippen LogP contribution in [0.3, 0.4) is 0 Å². The third-order valence-corrected chi connectivity index (χ3v) is 4.77. The Morgan fingerprint density at radius 2 is 2.04 bits per heavy atom. The monoisotopic (exact) mass is 350 g/mol. The number of aromatic nitrogens is 1. The lowest BCUT2D eigenvalue weighted by Crippen LogP contribution is -2.55. The number of rotatable bonds is 7. The van der Waals surface area contributed by atoms with Crippen molar-refractivity contribution in [2.75, 3.05) is 43.1 Å². The van der Waals surface area contributed by atoms with Crippen LogP contribution in [-0.4, -0.2) is 65.9 Å². The molecule has 2 amide bonds. The lowest BCUT2D eigenvalue weighted by molar-refractivity contribution is -0.136. The molecule has 1 aliphatic heterocycles. The number of thioether (sulfide) groups is 1. The van der Waals surface area contributed by atoms with Gasteiger partial charge in [-0.2, -0.15) is 11.8 Å². The van der Waals surface area contributed by atoms with Gasteiger partial charge in [-0.15, -0.1) is 0 Å². The number of pyridine rings is 1. The molecule has 7 heteroatoms. The second-order valence-corrected chi connectivity index (χ2v) is 6.74. The first-order valence-electron chi connectivity index (χ1n) is 8.38. The van der Waals surface area contributed by atoms with Crippen molar-refractivity contribution in [2.24, 2.45) is 0 Å². The Hall–Kier alpha value is -1.76. The van der Waals surface area contributed by atoms with Gasteiger partial charge < -0.3 is 15.1 Å². The molecule has 2 rings (SSSR count). The topological polar surface area (TPSA) is 65.5 Å². The number of carbonyl (C=O) groups is 2. The Kier molecular flexibility index (Phi) is 7.36. The fourth-order valence-electron chi connectivity index (χ4n) is 2.71. The lowest BCUT2D eigenvalue weighted by atomic mass is 10.1. The summed E-state index contributed by atoms with van der Waals surface area (Å²) >= 11 is 1.69. The Balaban J connectivity index is 1.92. The molecular weight excluding hydrogens is 324 g/mol. The van der Waals surface area contributed by atoms with Crippen LogP contribution >= 0.6 is 11.8 Å². The fraction of sp³-hybridized carbons (Fsp3) is 0.588. The molecule has 132 valence electrons. The van der Waals surface area contributed by atoms with E-state index >= 15 is 0 Å². The molecular formula is C17H26N4O2S. The molecule has 1 unspecified atom stereocenters. The maximum Gasteiger partial charge on any atom is 0.245 e. The first-order valence-corrected chi connectivity index (χ1v) is 9.78. The summed E-state index contributed by atoms with van der Waals surface area (Å²) in [5.41, 5.74) is 0. The number of hydrogen-bond acceptors (Lipinski definition) is 5. The van der Waals surface area contributed by atoms with Gasteiger partial charge in [0.1, 0.15) is 11.9 Å². The molecule has 2 heterocycles. The zero-order valence-electron chi connectivity index (χ0n) is 14.4. The van der Waals surface area contributed by atoms with Crippen LogP contribution in [0, 0.1) is 0 Å². The molecule has 0 aliphatic carbocycles. The molecule has 6 nitrogen and oxygen atoms in total. The standard InChI is InChI=1S/C17H26N4O2S/c1-3-16(22)19-14(7-13-24-2)17(23)21-11-9-20(10-12-21)15-6-4-5-8-18-15/h4-6,8,14H,3,7,9-13H2,1-2H3,(H,19,22). The van der Waals surface area contributed by atoms with Gasteiger partial charge in [-0.1, -0.05) is 13.0 Å². The van der Waals surface area contributed by atoms with Crippen molar-refractivity contribution in [2.45, 2.75) is 25.8 Å². The van der Waals surface area contributed by atoms with Gasteiger partial charge in [0, 0.05) is 38.8 Å². The zero-order valence-corrected chi connectivity index (χ0v) is 15.2. The molecule has 0 bridgehead atoms. The van der Waals surface area contributed by atoms with Gasteiger partial charge in [-0.3, -0.25) is 9.59 Å². The second kappa shape index (κ2) is 9.52. The molecule has 0 spiro atoms. The van der Waals surface area contributed by atoms with E-state index in [1.165, 1.54) is 0 Å². The van der Waals surface area contributed by atoms with Crippen LogP contribution in [0.25, 0.3) is 0 Å². The molecule has 0 radical (unpaired) electrons. The van der Waals surface area contributed by atoms with E-state index in [1.807, 2.05) is 29.4 Å². The second-order valence-electron chi connectivity index (χ2n) is 5.76. The number of amides is 2. The van der Waals surface area contributed by atoms with Gasteiger partial charge in [0.2, 0.25) is 11.8 Å². The summed E-state index contributed by atoms with van der Waals surface area (Å²) in [6, 6.07) is 5.45. The summed E-state index contributed by atoms with van der Waals surface area (Å²) in [5.74, 6) is 1.77. The molecule has 24 heavy (non-hydrogen) atoms. The third kappa shape index (κ3) is 5.12. The Morgan fingerprint density at radius 1 is 1.29 bits per heavy atom. The highest BCUT2D eigenvalue weighted by atomic mass is 32.2. The maximum atomic E-state index is 12.8. The van der Waals surface area contributed by atoms with Crippen LogP contribution < -0.4 is 10.2 Å². The minimum atomic E-state index is -0.411. The highest BCUT2D eigenvalue weighted by Gasteiger charge is 2.28. The molecule has 0 saturated carbocycles. The van der Waals surface area contributed by atoms with Crippen molar-refractivity contribution in [1.82, 2.24) is 15.2 Å². The SMILES string of the molecule is CCC(=O)NC(CCSC)C(=O)N1CCN(c2ccccn2)CC1. The number of nitrogens with one attached hydrogen (secondary N) is 1. The van der Waals surface area contributed by atoms with Gasteiger partial charge >= 0.3 is 0 Å². The van der Waals surface area contributed by atoms with E-state index in [2.05, 4.69) is 15.2 Å². The molecule has 1 saturated heterocycles. The third-order valence-electron chi connectivity index (χ3n) is 4.13. The van der Waals surface area contributed by atoms with E-state index in [0.29, 0.717) is 25.9 Å². The molecule has 1 N–H and O–H groups in total. The van der Waals surface area contributed by atoms with E-state index < -0.39 is 6.04 Å². The number of anilines is 1. The average Bonchev–Trinajstić information content (AvgIpc) is 2.65. The smallest absolute Gasteiger partial charge is 0.245 e. The van der Waals surface area contributed by atoms with Crippen molar-refractivity contribution in [3.05, 3.63) is 24.4 Å². The summed E-state index contributed by atoms with van der Waals surface area (Å²) in [7, 11) is 0. The van der Waals surface area contributed by atoms with E-state index in [9.17, 15) is 9.59 Å². The Labute approximate surface area is 148 Å². The molecule has 1 aromatic heterocycles. The van der Waals surface area contributed by atoms with Crippen molar-refractivity contribution in [3.8, 4) is 0 Å². The van der Waals surface area contributed by atoms with Gasteiger partial charge in [-0.25, -0.2) is 4.98 Å². The van der Waals surface area contributed by atoms with Crippen LogP contribution in [0.1, 0.15) is 19.8 Å². The minimum absolute atomic E-state index is 0.0338. The minimum Gasteiger partial charge on any atom is -0.353 e. The predicted molar refractivity (Wildman–Crippen MR) is 98.3 cm³/mol. The maximum absolute atomic E-state index is 12.8. The molecule has 0 aromatic carbocycles. The van der Waals surface area contributed by atoms with Gasteiger partial charge in [0.15, 0.2) is 0 Å². The summed E-state index contributed by atoms with van der Waals surface area (Å²) in [6.07, 6.45) is 4.86. The fourth-order valence-corrected chi connectivity index (χ4v) is 3.18. The first-order chi connectivity index (χ1) is 11.7. The number of carbonyl (C=O) groups excluding carboxylic acids is 2. The van der Waals surface area contributed by atoms with E-state index in [0.717, 1.165) is 24.7 Å². The zero-order chi connectivity index (χ0) is 17.4. The van der Waals surface area contributed by atoms with Crippen LogP contribution in [0.15, 0.2) is 24.4 Å². The van der Waals surface area contributed by atoms with Crippen molar-refractivity contribution in [3.63, 3.8) is 0 Å². The first kappa shape index (κ1) is 18.6. The molecule has 1 fully saturated rings. The average molecular weight is 350 g/mol. The Morgan fingerprint density at radius 3 is 2.62 bits per heavy atom. The molecule has 1 atom stereocenters. The van der Waals surface area contributed by atoms with Gasteiger partial charge in [-0.05, 0) is 30.6 Å². The van der Waals surface area contributed by atoms with Crippen molar-refractivity contribution in [1.29, 1.82) is 0 Å². The summed E-state index contributed by atoms with van der Waals surface area (Å²) < 4.78 is 0. The van der Waals surface area contributed by atoms with E-state index in [-0.39, 0.29) is 11.8 Å². The van der Waals surface area contributed by atoms with E-state index in [4.69, 9.17) is 0 Å². The van der Waals surface area contributed by atoms with Crippen LogP contribution in [-0.2, 0) is 9.59 Å². The van der Waals surface area contributed by atoms with Crippen LogP contribution in [0.4, 0.5) is 5.82 Å². The van der Waals surface area contributed by atoms with E-state index in [1.54, 1.807) is 24.9 Å². The normalized spacial score (nSPS) is 15.9. The van der Waals surface area contributed by atoms with Crippen LogP contribution in [0.5, 0.6) is 0 Å². The van der Waals surface area contributed by atoms with Gasteiger partial charge in [0.05, 0.1) is 0 Å². The van der Waals surface area contributed by atoms with Crippen molar-refractivity contribution >= 4 is 29.4 Å². The van der Waals surface area contributed by atoms with Crippen molar-refractivity contribution < 1.29 is 9.59 Å². The molecule has 1 aromatic rings. The summed E-state index contributed by atoms with van der Waals surface area (Å²) in [6.45, 7) is 4.65. The Bertz CT molecular complexity index is 533. The lowest BCUT2D eigenvalue weighted by Gasteiger charge is -2.37. The molecule has 1 aliphatic rings. The summed E-state index contributed by atoms with van der Waals surface area (Å²) in [4.78, 5) is 32.9. The summed E-state index contributed by atoms with van der Waals surface area (Å²) in [5, 5.41) is 2.87. The number of nitrogens with zero attached hydrogens (tertiary/aromatic N) is 3. The largest absolute Gasteiger partial charge is 0.353 e. The quantitative estimate of drug-likeness (QED) is 0.805. The van der Waals surface area contributed by atoms with Gasteiger partial charge in [0.25, 0.3) is 0 Å². The predicted octanol–water partition coefficient (Wildman–Crippen LogP) is 1.38. The number of piperazine rings is 1. The highest BCUT2D eigenvalue weighted by Crippen LogP contribution is 2.14. The van der Waals surface area contributed by atoms with Crippen LogP contribution in [0.2, 0.25) is 0 Å². The number of hydrogen-bond donors (Lipinski definition) is 1.